The number of barbiturate groups is 1. The fraction of sp³-hybridized carbons (Fsp3) is 0.0417. The van der Waals surface area contributed by atoms with Crippen molar-refractivity contribution < 1.29 is 14.4 Å². The zero-order valence-electron chi connectivity index (χ0n) is 16.1. The zero-order valence-corrected chi connectivity index (χ0v) is 18.5. The van der Waals surface area contributed by atoms with E-state index in [2.05, 4.69) is 21.2 Å². The summed E-state index contributed by atoms with van der Waals surface area (Å²) < 4.78 is 0.974. The van der Waals surface area contributed by atoms with Crippen molar-refractivity contribution in [3.8, 4) is 0 Å². The standard InChI is InChI=1S/C24H16BrClN2O3/c25-21-11-4-3-8-17(21)12-15-6-1-2-7-16(15)13-20-22(29)27-24(31)28(23(20)30)19-10-5-9-18(26)14-19/h1-11,13-14H,12H2,(H,27,29,31)/b20-13+. The van der Waals surface area contributed by atoms with Crippen LogP contribution in [0.3, 0.4) is 0 Å². The molecule has 3 aromatic rings. The van der Waals surface area contributed by atoms with Crippen LogP contribution < -0.4 is 10.2 Å². The molecule has 0 saturated carbocycles. The fourth-order valence-corrected chi connectivity index (χ4v) is 3.96. The van der Waals surface area contributed by atoms with Crippen molar-refractivity contribution in [1.82, 2.24) is 5.32 Å². The first-order valence-corrected chi connectivity index (χ1v) is 10.6. The number of halogens is 2. The second-order valence-electron chi connectivity index (χ2n) is 6.90. The lowest BCUT2D eigenvalue weighted by Crippen LogP contribution is -2.54. The number of anilines is 1. The third-order valence-corrected chi connectivity index (χ3v) is 5.87. The first-order valence-electron chi connectivity index (χ1n) is 9.42. The molecule has 154 valence electrons. The number of benzene rings is 3. The normalized spacial score (nSPS) is 15.4. The van der Waals surface area contributed by atoms with Gasteiger partial charge in [0.05, 0.1) is 5.69 Å². The molecular formula is C24H16BrClN2O3. The van der Waals surface area contributed by atoms with Gasteiger partial charge < -0.3 is 0 Å². The Morgan fingerprint density at radius 3 is 2.35 bits per heavy atom. The maximum Gasteiger partial charge on any atom is 0.335 e. The number of rotatable bonds is 4. The Morgan fingerprint density at radius 1 is 0.903 bits per heavy atom. The first kappa shape index (κ1) is 21.0. The van der Waals surface area contributed by atoms with Crippen LogP contribution in [-0.4, -0.2) is 17.8 Å². The van der Waals surface area contributed by atoms with Gasteiger partial charge >= 0.3 is 6.03 Å². The number of nitrogens with one attached hydrogen (secondary N) is 1. The van der Waals surface area contributed by atoms with Crippen LogP contribution in [0.2, 0.25) is 5.02 Å². The minimum absolute atomic E-state index is 0.126. The predicted octanol–water partition coefficient (Wildman–Crippen LogP) is 5.36. The summed E-state index contributed by atoms with van der Waals surface area (Å²) in [5, 5.41) is 2.61. The molecule has 0 atom stereocenters. The maximum atomic E-state index is 13.1. The summed E-state index contributed by atoms with van der Waals surface area (Å²) in [6.07, 6.45) is 2.13. The molecule has 0 spiro atoms. The van der Waals surface area contributed by atoms with Crippen molar-refractivity contribution in [1.29, 1.82) is 0 Å². The smallest absolute Gasteiger partial charge is 0.273 e. The summed E-state index contributed by atoms with van der Waals surface area (Å²) >= 11 is 9.56. The molecule has 4 rings (SSSR count). The highest BCUT2D eigenvalue weighted by Crippen LogP contribution is 2.26. The first-order chi connectivity index (χ1) is 14.9. The van der Waals surface area contributed by atoms with E-state index in [1.165, 1.54) is 12.1 Å². The summed E-state index contributed by atoms with van der Waals surface area (Å²) in [6, 6.07) is 20.9. The topological polar surface area (TPSA) is 66.5 Å². The van der Waals surface area contributed by atoms with E-state index < -0.39 is 17.8 Å². The molecule has 4 amide bonds. The minimum atomic E-state index is -0.809. The van der Waals surface area contributed by atoms with Crippen molar-refractivity contribution in [2.75, 3.05) is 4.90 Å². The number of hydrogen-bond donors (Lipinski definition) is 1. The number of hydrogen-bond acceptors (Lipinski definition) is 3. The van der Waals surface area contributed by atoms with Crippen molar-refractivity contribution in [2.24, 2.45) is 0 Å². The van der Waals surface area contributed by atoms with Gasteiger partial charge in [-0.15, -0.1) is 0 Å². The molecule has 0 aliphatic carbocycles. The van der Waals surface area contributed by atoms with Crippen LogP contribution in [0.1, 0.15) is 16.7 Å². The van der Waals surface area contributed by atoms with Gasteiger partial charge in [0.1, 0.15) is 5.57 Å². The van der Waals surface area contributed by atoms with E-state index >= 15 is 0 Å². The molecule has 0 unspecified atom stereocenters. The molecule has 1 N–H and O–H groups in total. The van der Waals surface area contributed by atoms with Crippen molar-refractivity contribution in [3.05, 3.63) is 105 Å². The van der Waals surface area contributed by atoms with E-state index in [9.17, 15) is 14.4 Å². The zero-order chi connectivity index (χ0) is 22.0. The van der Waals surface area contributed by atoms with Gasteiger partial charge in [0.15, 0.2) is 0 Å². The molecule has 1 aliphatic heterocycles. The van der Waals surface area contributed by atoms with E-state index in [1.54, 1.807) is 18.2 Å². The van der Waals surface area contributed by atoms with Gasteiger partial charge in [-0.25, -0.2) is 9.69 Å². The minimum Gasteiger partial charge on any atom is -0.273 e. The van der Waals surface area contributed by atoms with Crippen molar-refractivity contribution in [3.63, 3.8) is 0 Å². The molecule has 1 aliphatic rings. The van der Waals surface area contributed by atoms with Crippen LogP contribution in [0, 0.1) is 0 Å². The number of nitrogens with zero attached hydrogens (tertiary/aromatic N) is 1. The number of amides is 4. The quantitative estimate of drug-likeness (QED) is 0.391. The van der Waals surface area contributed by atoms with Crippen LogP contribution in [-0.2, 0) is 16.0 Å². The second kappa shape index (κ2) is 8.88. The lowest BCUT2D eigenvalue weighted by molar-refractivity contribution is -0.122. The Morgan fingerprint density at radius 2 is 1.61 bits per heavy atom. The van der Waals surface area contributed by atoms with E-state index in [1.807, 2.05) is 48.5 Å². The molecule has 1 fully saturated rings. The van der Waals surface area contributed by atoms with Crippen LogP contribution in [0.15, 0.2) is 82.8 Å². The maximum absolute atomic E-state index is 13.1. The summed E-state index contributed by atoms with van der Waals surface area (Å²) in [6.45, 7) is 0. The Balaban J connectivity index is 1.73. The van der Waals surface area contributed by atoms with Gasteiger partial charge in [-0.2, -0.15) is 0 Å². The van der Waals surface area contributed by atoms with Gasteiger partial charge in [0, 0.05) is 9.50 Å². The SMILES string of the molecule is O=C1NC(=O)N(c2cccc(Cl)c2)C(=O)/C1=C/c1ccccc1Cc1ccccc1Br. The molecule has 31 heavy (non-hydrogen) atoms. The Kier molecular flexibility index (Phi) is 6.02. The van der Waals surface area contributed by atoms with Crippen LogP contribution in [0.25, 0.3) is 6.08 Å². The monoisotopic (exact) mass is 494 g/mol. The Labute approximate surface area is 192 Å². The van der Waals surface area contributed by atoms with E-state index in [0.717, 1.165) is 26.1 Å². The number of carbonyl (C=O) groups is 3. The molecule has 7 heteroatoms. The molecular weight excluding hydrogens is 480 g/mol. The van der Waals surface area contributed by atoms with Gasteiger partial charge in [-0.05, 0) is 53.5 Å². The van der Waals surface area contributed by atoms with Gasteiger partial charge in [0.2, 0.25) is 0 Å². The lowest BCUT2D eigenvalue weighted by Gasteiger charge is -2.26. The van der Waals surface area contributed by atoms with Crippen molar-refractivity contribution in [2.45, 2.75) is 6.42 Å². The molecule has 1 saturated heterocycles. The van der Waals surface area contributed by atoms with Crippen LogP contribution >= 0.6 is 27.5 Å². The average Bonchev–Trinajstić information content (AvgIpc) is 2.74. The molecule has 0 aromatic heterocycles. The average molecular weight is 496 g/mol. The second-order valence-corrected chi connectivity index (χ2v) is 8.20. The highest BCUT2D eigenvalue weighted by atomic mass is 79.9. The number of urea groups is 1. The van der Waals surface area contributed by atoms with Gasteiger partial charge in [-0.1, -0.05) is 76.1 Å². The highest BCUT2D eigenvalue weighted by molar-refractivity contribution is 9.10. The molecule has 1 heterocycles. The summed E-state index contributed by atoms with van der Waals surface area (Å²) in [5.74, 6) is -1.43. The Bertz CT molecular complexity index is 1240. The summed E-state index contributed by atoms with van der Waals surface area (Å²) in [7, 11) is 0. The third-order valence-electron chi connectivity index (χ3n) is 4.86. The molecule has 3 aromatic carbocycles. The number of carbonyl (C=O) groups excluding carboxylic acids is 3. The van der Waals surface area contributed by atoms with Crippen molar-refractivity contribution >= 4 is 57.1 Å². The largest absolute Gasteiger partial charge is 0.335 e. The molecule has 0 radical (unpaired) electrons. The predicted molar refractivity (Wildman–Crippen MR) is 124 cm³/mol. The molecule has 5 nitrogen and oxygen atoms in total. The summed E-state index contributed by atoms with van der Waals surface area (Å²) in [4.78, 5) is 38.9. The summed E-state index contributed by atoms with van der Waals surface area (Å²) in [5.41, 5.74) is 2.89. The van der Waals surface area contributed by atoms with Crippen LogP contribution in [0.4, 0.5) is 10.5 Å². The Hall–Kier alpha value is -3.22. The molecule has 0 bridgehead atoms. The van der Waals surface area contributed by atoms with E-state index in [4.69, 9.17) is 11.6 Å². The van der Waals surface area contributed by atoms with Crippen LogP contribution in [0.5, 0.6) is 0 Å². The van der Waals surface area contributed by atoms with E-state index in [-0.39, 0.29) is 11.3 Å². The fourth-order valence-electron chi connectivity index (χ4n) is 3.35. The van der Waals surface area contributed by atoms with Gasteiger partial charge in [-0.3, -0.25) is 14.9 Å². The highest BCUT2D eigenvalue weighted by Gasteiger charge is 2.37. The van der Waals surface area contributed by atoms with Gasteiger partial charge in [0.25, 0.3) is 11.8 Å². The lowest BCUT2D eigenvalue weighted by atomic mass is 9.97. The number of imide groups is 2. The van der Waals surface area contributed by atoms with E-state index in [0.29, 0.717) is 11.4 Å². The third kappa shape index (κ3) is 4.45.